The van der Waals surface area contributed by atoms with Gasteiger partial charge in [0.15, 0.2) is 0 Å². The van der Waals surface area contributed by atoms with Gasteiger partial charge in [0.2, 0.25) is 0 Å². The van der Waals surface area contributed by atoms with E-state index in [1.165, 1.54) is 0 Å². The third-order valence-electron chi connectivity index (χ3n) is 2.17. The summed E-state index contributed by atoms with van der Waals surface area (Å²) in [5.41, 5.74) is 5.68. The predicted octanol–water partition coefficient (Wildman–Crippen LogP) is 1.17. The lowest BCUT2D eigenvalue weighted by Crippen LogP contribution is -2.39. The number of hydrogen-bond acceptors (Lipinski definition) is 4. The first-order valence-electron chi connectivity index (χ1n) is 5.43. The molecule has 2 atom stereocenters. The van der Waals surface area contributed by atoms with Crippen LogP contribution in [0.5, 0.6) is 11.5 Å². The molecule has 1 rings (SSSR count). The van der Waals surface area contributed by atoms with Crippen molar-refractivity contribution in [1.82, 2.24) is 0 Å². The van der Waals surface area contributed by atoms with Crippen molar-refractivity contribution >= 4 is 0 Å². The molecule has 0 radical (unpaired) electrons. The van der Waals surface area contributed by atoms with Crippen molar-refractivity contribution in [2.75, 3.05) is 13.2 Å². The zero-order chi connectivity index (χ0) is 12.0. The first-order chi connectivity index (χ1) is 7.67. The quantitative estimate of drug-likeness (QED) is 0.763. The Bertz CT molecular complexity index is 315. The van der Waals surface area contributed by atoms with Crippen LogP contribution in [-0.2, 0) is 0 Å². The Morgan fingerprint density at radius 3 is 2.62 bits per heavy atom. The Hall–Kier alpha value is -1.26. The van der Waals surface area contributed by atoms with Gasteiger partial charge in [0.25, 0.3) is 0 Å². The van der Waals surface area contributed by atoms with E-state index in [1.54, 1.807) is 13.0 Å². The molecule has 0 aliphatic heterocycles. The lowest BCUT2D eigenvalue weighted by Gasteiger charge is -2.20. The number of ether oxygens (including phenoxy) is 2. The third-order valence-corrected chi connectivity index (χ3v) is 2.17. The lowest BCUT2D eigenvalue weighted by atomic mass is 10.2. The van der Waals surface area contributed by atoms with Gasteiger partial charge in [0, 0.05) is 12.1 Å². The Kier molecular flexibility index (Phi) is 5.08. The van der Waals surface area contributed by atoms with E-state index < -0.39 is 6.10 Å². The number of rotatable bonds is 6. The van der Waals surface area contributed by atoms with E-state index in [2.05, 4.69) is 0 Å². The molecule has 0 bridgehead atoms. The average molecular weight is 225 g/mol. The summed E-state index contributed by atoms with van der Waals surface area (Å²) >= 11 is 0. The van der Waals surface area contributed by atoms with Crippen molar-refractivity contribution in [3.05, 3.63) is 24.3 Å². The summed E-state index contributed by atoms with van der Waals surface area (Å²) in [7, 11) is 0. The van der Waals surface area contributed by atoms with E-state index in [1.807, 2.05) is 25.1 Å². The number of nitrogens with two attached hydrogens (primary N) is 1. The maximum Gasteiger partial charge on any atom is 0.136 e. The number of benzene rings is 1. The second kappa shape index (κ2) is 6.35. The maximum atomic E-state index is 9.09. The molecular weight excluding hydrogens is 206 g/mol. The topological polar surface area (TPSA) is 64.7 Å². The molecule has 0 heterocycles. The summed E-state index contributed by atoms with van der Waals surface area (Å²) in [5, 5.41) is 9.09. The molecule has 4 nitrogen and oxygen atoms in total. The van der Waals surface area contributed by atoms with Crippen LogP contribution >= 0.6 is 0 Å². The van der Waals surface area contributed by atoms with Gasteiger partial charge in [0.05, 0.1) is 13.2 Å². The van der Waals surface area contributed by atoms with Crippen LogP contribution in [0.2, 0.25) is 0 Å². The van der Waals surface area contributed by atoms with Crippen LogP contribution in [0, 0.1) is 0 Å². The fourth-order valence-corrected chi connectivity index (χ4v) is 1.29. The highest BCUT2D eigenvalue weighted by molar-refractivity contribution is 5.33. The molecule has 0 spiro atoms. The number of hydrogen-bond donors (Lipinski definition) is 2. The molecule has 4 heteroatoms. The molecule has 0 amide bonds. The number of aliphatic hydroxyl groups is 1. The molecular formula is C12H19NO3. The minimum atomic E-state index is -0.392. The van der Waals surface area contributed by atoms with Crippen molar-refractivity contribution in [1.29, 1.82) is 0 Å². The first kappa shape index (κ1) is 12.8. The van der Waals surface area contributed by atoms with Crippen LogP contribution in [-0.4, -0.2) is 30.5 Å². The molecule has 0 saturated heterocycles. The summed E-state index contributed by atoms with van der Waals surface area (Å²) in [6, 6.07) is 7.08. The van der Waals surface area contributed by atoms with E-state index in [0.29, 0.717) is 12.4 Å². The predicted molar refractivity (Wildman–Crippen MR) is 62.8 cm³/mol. The second-order valence-corrected chi connectivity index (χ2v) is 3.61. The smallest absolute Gasteiger partial charge is 0.136 e. The normalized spacial score (nSPS) is 14.2. The minimum absolute atomic E-state index is 0.101. The van der Waals surface area contributed by atoms with E-state index in [9.17, 15) is 0 Å². The van der Waals surface area contributed by atoms with E-state index in [-0.39, 0.29) is 12.6 Å². The Balaban J connectivity index is 2.68. The van der Waals surface area contributed by atoms with Gasteiger partial charge in [-0.3, -0.25) is 0 Å². The summed E-state index contributed by atoms with van der Waals surface area (Å²) < 4.78 is 10.9. The fourth-order valence-electron chi connectivity index (χ4n) is 1.29. The largest absolute Gasteiger partial charge is 0.494 e. The van der Waals surface area contributed by atoms with Gasteiger partial charge in [0.1, 0.15) is 17.6 Å². The molecule has 0 aliphatic rings. The Labute approximate surface area is 96.0 Å². The standard InChI is InChI=1S/C12H19NO3/c1-3-15-10-5-4-6-11(7-10)16-12(8-14)9(2)13/h4-7,9,12,14H,3,8,13H2,1-2H3. The summed E-state index contributed by atoms with van der Waals surface area (Å²) in [5.74, 6) is 1.41. The molecule has 90 valence electrons. The van der Waals surface area contributed by atoms with Gasteiger partial charge in [-0.1, -0.05) is 6.07 Å². The molecule has 1 aromatic carbocycles. The highest BCUT2D eigenvalue weighted by atomic mass is 16.5. The van der Waals surface area contributed by atoms with Crippen molar-refractivity contribution < 1.29 is 14.6 Å². The highest BCUT2D eigenvalue weighted by Gasteiger charge is 2.14. The molecule has 16 heavy (non-hydrogen) atoms. The number of aliphatic hydroxyl groups excluding tert-OH is 1. The molecule has 2 unspecified atom stereocenters. The lowest BCUT2D eigenvalue weighted by molar-refractivity contribution is 0.0988. The van der Waals surface area contributed by atoms with Crippen LogP contribution in [0.15, 0.2) is 24.3 Å². The maximum absolute atomic E-state index is 9.09. The van der Waals surface area contributed by atoms with Crippen molar-refractivity contribution in [3.8, 4) is 11.5 Å². The molecule has 0 fully saturated rings. The summed E-state index contributed by atoms with van der Waals surface area (Å²) in [4.78, 5) is 0. The van der Waals surface area contributed by atoms with Crippen LogP contribution in [0.3, 0.4) is 0 Å². The zero-order valence-electron chi connectivity index (χ0n) is 9.72. The monoisotopic (exact) mass is 225 g/mol. The Morgan fingerprint density at radius 1 is 1.38 bits per heavy atom. The van der Waals surface area contributed by atoms with Gasteiger partial charge in [-0.15, -0.1) is 0 Å². The van der Waals surface area contributed by atoms with Crippen LogP contribution in [0.4, 0.5) is 0 Å². The Morgan fingerprint density at radius 2 is 2.06 bits per heavy atom. The van der Waals surface area contributed by atoms with Gasteiger partial charge < -0.3 is 20.3 Å². The summed E-state index contributed by atoms with van der Waals surface area (Å²) in [6.45, 7) is 4.23. The fraction of sp³-hybridized carbons (Fsp3) is 0.500. The minimum Gasteiger partial charge on any atom is -0.494 e. The van der Waals surface area contributed by atoms with E-state index in [4.69, 9.17) is 20.3 Å². The van der Waals surface area contributed by atoms with Crippen molar-refractivity contribution in [3.63, 3.8) is 0 Å². The third kappa shape index (κ3) is 3.72. The van der Waals surface area contributed by atoms with Crippen LogP contribution in [0.25, 0.3) is 0 Å². The SMILES string of the molecule is CCOc1cccc(OC(CO)C(C)N)c1. The second-order valence-electron chi connectivity index (χ2n) is 3.61. The first-order valence-corrected chi connectivity index (χ1v) is 5.43. The van der Waals surface area contributed by atoms with E-state index >= 15 is 0 Å². The van der Waals surface area contributed by atoms with Crippen molar-refractivity contribution in [2.24, 2.45) is 5.73 Å². The average Bonchev–Trinajstić information content (AvgIpc) is 2.26. The highest BCUT2D eigenvalue weighted by Crippen LogP contribution is 2.20. The zero-order valence-corrected chi connectivity index (χ0v) is 9.72. The summed E-state index contributed by atoms with van der Waals surface area (Å²) in [6.07, 6.45) is -0.392. The van der Waals surface area contributed by atoms with Crippen molar-refractivity contribution in [2.45, 2.75) is 26.0 Å². The molecule has 0 saturated carbocycles. The molecule has 0 aliphatic carbocycles. The van der Waals surface area contributed by atoms with E-state index in [0.717, 1.165) is 5.75 Å². The van der Waals surface area contributed by atoms with Crippen LogP contribution in [0.1, 0.15) is 13.8 Å². The van der Waals surface area contributed by atoms with Gasteiger partial charge in [-0.2, -0.15) is 0 Å². The van der Waals surface area contributed by atoms with Gasteiger partial charge in [-0.05, 0) is 26.0 Å². The van der Waals surface area contributed by atoms with Gasteiger partial charge >= 0.3 is 0 Å². The molecule has 1 aromatic rings. The van der Waals surface area contributed by atoms with Crippen LogP contribution < -0.4 is 15.2 Å². The molecule has 3 N–H and O–H groups in total. The van der Waals surface area contributed by atoms with Gasteiger partial charge in [-0.25, -0.2) is 0 Å². The molecule has 0 aromatic heterocycles.